The maximum absolute atomic E-state index is 12.4. The Morgan fingerprint density at radius 3 is 2.69 bits per heavy atom. The maximum Gasteiger partial charge on any atom is 0.297 e. The van der Waals surface area contributed by atoms with E-state index in [2.05, 4.69) is 4.98 Å². The molecular weight excluding hydrogens is 222 g/mol. The van der Waals surface area contributed by atoms with E-state index in [0.29, 0.717) is 0 Å². The molecule has 2 N–H and O–H groups in total. The quantitative estimate of drug-likeness (QED) is 0.619. The molecule has 1 aromatic rings. The van der Waals surface area contributed by atoms with Crippen LogP contribution in [0.2, 0.25) is 0 Å². The number of nitriles is 1. The topological polar surface area (TPSA) is 106 Å². The van der Waals surface area contributed by atoms with Crippen LogP contribution < -0.4 is 5.73 Å². The summed E-state index contributed by atoms with van der Waals surface area (Å²) >= 11 is 0. The molecule has 0 fully saturated rings. The van der Waals surface area contributed by atoms with Crippen molar-refractivity contribution in [1.29, 1.82) is 5.26 Å². The van der Waals surface area contributed by atoms with Crippen molar-refractivity contribution in [2.45, 2.75) is 13.0 Å². The van der Waals surface area contributed by atoms with Gasteiger partial charge >= 0.3 is 0 Å². The molecule has 0 saturated heterocycles. The van der Waals surface area contributed by atoms with Crippen LogP contribution in [0.1, 0.15) is 23.4 Å². The van der Waals surface area contributed by atoms with Gasteiger partial charge in [0.2, 0.25) is 0 Å². The van der Waals surface area contributed by atoms with Crippen molar-refractivity contribution < 1.29 is 13.7 Å². The Bertz CT molecular complexity index is 470. The zero-order valence-electron chi connectivity index (χ0n) is 7.85. The van der Waals surface area contributed by atoms with Crippen LogP contribution in [0.4, 0.5) is 14.5 Å². The summed E-state index contributed by atoms with van der Waals surface area (Å²) in [6.07, 6.45) is -3.11. The lowest BCUT2D eigenvalue weighted by Crippen LogP contribution is -2.07. The van der Waals surface area contributed by atoms with Crippen molar-refractivity contribution in [1.82, 2.24) is 4.98 Å². The van der Waals surface area contributed by atoms with Crippen molar-refractivity contribution in [3.63, 3.8) is 0 Å². The molecule has 0 aliphatic heterocycles. The number of aromatic nitrogens is 1. The summed E-state index contributed by atoms with van der Waals surface area (Å²) in [5.74, 6) is 0. The number of rotatable bonds is 3. The Labute approximate surface area is 88.5 Å². The summed E-state index contributed by atoms with van der Waals surface area (Å²) in [7, 11) is 0. The first-order valence-electron chi connectivity index (χ1n) is 4.07. The SMILES string of the molecule is N#Cc1nc(C(F)F)c([N+](=O)[O-])cc1CN. The van der Waals surface area contributed by atoms with Crippen molar-refractivity contribution in [2.75, 3.05) is 0 Å². The van der Waals surface area contributed by atoms with Gasteiger partial charge in [-0.05, 0) is 0 Å². The van der Waals surface area contributed by atoms with Gasteiger partial charge < -0.3 is 5.73 Å². The molecule has 1 aromatic heterocycles. The normalized spacial score (nSPS) is 10.2. The number of halogens is 2. The smallest absolute Gasteiger partial charge is 0.297 e. The highest BCUT2D eigenvalue weighted by Gasteiger charge is 2.25. The van der Waals surface area contributed by atoms with Crippen molar-refractivity contribution >= 4 is 5.69 Å². The molecule has 0 radical (unpaired) electrons. The number of nitrogens with two attached hydrogens (primary N) is 1. The molecular formula is C8H6F2N4O2. The van der Waals surface area contributed by atoms with Crippen LogP contribution in [-0.2, 0) is 6.54 Å². The largest absolute Gasteiger partial charge is 0.326 e. The summed E-state index contributed by atoms with van der Waals surface area (Å²) in [5, 5.41) is 19.1. The van der Waals surface area contributed by atoms with Gasteiger partial charge in [-0.3, -0.25) is 10.1 Å². The maximum atomic E-state index is 12.4. The van der Waals surface area contributed by atoms with Gasteiger partial charge in [0.1, 0.15) is 11.8 Å². The molecule has 8 heteroatoms. The molecule has 6 nitrogen and oxygen atoms in total. The van der Waals surface area contributed by atoms with Gasteiger partial charge in [-0.25, -0.2) is 13.8 Å². The van der Waals surface area contributed by atoms with E-state index < -0.39 is 22.7 Å². The third kappa shape index (κ3) is 2.09. The van der Waals surface area contributed by atoms with Crippen molar-refractivity contribution in [3.05, 3.63) is 33.1 Å². The molecule has 0 unspecified atom stereocenters. The lowest BCUT2D eigenvalue weighted by atomic mass is 10.1. The van der Waals surface area contributed by atoms with E-state index in [9.17, 15) is 18.9 Å². The van der Waals surface area contributed by atoms with Gasteiger partial charge in [-0.2, -0.15) is 5.26 Å². The third-order valence-corrected chi connectivity index (χ3v) is 1.84. The summed E-state index contributed by atoms with van der Waals surface area (Å²) in [4.78, 5) is 12.8. The summed E-state index contributed by atoms with van der Waals surface area (Å²) in [6, 6.07) is 2.42. The molecule has 1 heterocycles. The van der Waals surface area contributed by atoms with Gasteiger partial charge in [0.05, 0.1) is 4.92 Å². The van der Waals surface area contributed by atoms with Gasteiger partial charge in [-0.15, -0.1) is 0 Å². The lowest BCUT2D eigenvalue weighted by Gasteiger charge is -2.04. The molecule has 0 aliphatic carbocycles. The van der Waals surface area contributed by atoms with E-state index in [1.54, 1.807) is 6.07 Å². The number of hydrogen-bond acceptors (Lipinski definition) is 5. The van der Waals surface area contributed by atoms with Crippen LogP contribution in [0.3, 0.4) is 0 Å². The fraction of sp³-hybridized carbons (Fsp3) is 0.250. The number of nitrogens with zero attached hydrogens (tertiary/aromatic N) is 3. The summed E-state index contributed by atoms with van der Waals surface area (Å²) in [5.41, 5.74) is 3.13. The average molecular weight is 228 g/mol. The van der Waals surface area contributed by atoms with Crippen LogP contribution in [0, 0.1) is 21.4 Å². The van der Waals surface area contributed by atoms with Gasteiger partial charge in [0.25, 0.3) is 12.1 Å². The molecule has 0 bridgehead atoms. The summed E-state index contributed by atoms with van der Waals surface area (Å²) < 4.78 is 24.9. The monoisotopic (exact) mass is 228 g/mol. The standard InChI is InChI=1S/C8H6F2N4O2/c9-8(10)7-6(14(15)16)1-4(2-11)5(3-12)13-7/h1,8H,2,11H2. The Hall–Kier alpha value is -2.14. The van der Waals surface area contributed by atoms with Crippen LogP contribution in [0.5, 0.6) is 0 Å². The molecule has 0 aromatic carbocycles. The van der Waals surface area contributed by atoms with E-state index in [-0.39, 0.29) is 17.8 Å². The second-order valence-corrected chi connectivity index (χ2v) is 2.77. The first kappa shape index (κ1) is 11.9. The highest BCUT2D eigenvalue weighted by molar-refractivity contribution is 5.45. The lowest BCUT2D eigenvalue weighted by molar-refractivity contribution is -0.386. The number of pyridine rings is 1. The summed E-state index contributed by atoms with van der Waals surface area (Å²) in [6.45, 7) is -0.180. The van der Waals surface area contributed by atoms with Gasteiger partial charge in [-0.1, -0.05) is 0 Å². The fourth-order valence-electron chi connectivity index (χ4n) is 1.12. The first-order valence-corrected chi connectivity index (χ1v) is 4.07. The van der Waals surface area contributed by atoms with Gasteiger partial charge in [0, 0.05) is 18.2 Å². The van der Waals surface area contributed by atoms with Crippen molar-refractivity contribution in [2.24, 2.45) is 5.73 Å². The molecule has 0 saturated carbocycles. The second-order valence-electron chi connectivity index (χ2n) is 2.77. The highest BCUT2D eigenvalue weighted by atomic mass is 19.3. The minimum absolute atomic E-state index is 0.0681. The minimum atomic E-state index is -3.11. The fourth-order valence-corrected chi connectivity index (χ4v) is 1.12. The Morgan fingerprint density at radius 1 is 1.69 bits per heavy atom. The molecule has 84 valence electrons. The third-order valence-electron chi connectivity index (χ3n) is 1.84. The predicted octanol–water partition coefficient (Wildman–Crippen LogP) is 1.26. The second kappa shape index (κ2) is 4.59. The number of nitro groups is 1. The molecule has 0 atom stereocenters. The number of hydrogen-bond donors (Lipinski definition) is 1. The van der Waals surface area contributed by atoms with E-state index in [1.807, 2.05) is 0 Å². The zero-order valence-corrected chi connectivity index (χ0v) is 7.85. The highest BCUT2D eigenvalue weighted by Crippen LogP contribution is 2.28. The van der Waals surface area contributed by atoms with Crippen LogP contribution >= 0.6 is 0 Å². The Kier molecular flexibility index (Phi) is 3.42. The van der Waals surface area contributed by atoms with E-state index in [0.717, 1.165) is 6.07 Å². The van der Waals surface area contributed by atoms with E-state index in [1.165, 1.54) is 0 Å². The molecule has 1 rings (SSSR count). The van der Waals surface area contributed by atoms with E-state index in [4.69, 9.17) is 11.0 Å². The Balaban J connectivity index is 3.49. The van der Waals surface area contributed by atoms with Gasteiger partial charge in [0.15, 0.2) is 5.69 Å². The van der Waals surface area contributed by atoms with Crippen LogP contribution in [0.25, 0.3) is 0 Å². The Morgan fingerprint density at radius 2 is 2.31 bits per heavy atom. The molecule has 0 amide bonds. The number of alkyl halides is 2. The molecule has 0 spiro atoms. The van der Waals surface area contributed by atoms with E-state index >= 15 is 0 Å². The molecule has 0 aliphatic rings. The molecule has 16 heavy (non-hydrogen) atoms. The van der Waals surface area contributed by atoms with Crippen LogP contribution in [0.15, 0.2) is 6.07 Å². The zero-order chi connectivity index (χ0) is 12.3. The average Bonchev–Trinajstić information content (AvgIpc) is 2.26. The minimum Gasteiger partial charge on any atom is -0.326 e. The van der Waals surface area contributed by atoms with Crippen molar-refractivity contribution in [3.8, 4) is 6.07 Å². The first-order chi connectivity index (χ1) is 7.51. The predicted molar refractivity (Wildman–Crippen MR) is 48.5 cm³/mol. The van der Waals surface area contributed by atoms with Crippen LogP contribution in [-0.4, -0.2) is 9.91 Å².